The van der Waals surface area contributed by atoms with Crippen LogP contribution in [-0.2, 0) is 6.54 Å². The highest BCUT2D eigenvalue weighted by molar-refractivity contribution is 5.81. The molecule has 1 aromatic carbocycles. The number of hydrogen-bond acceptors (Lipinski definition) is 4. The monoisotopic (exact) mass is 260 g/mol. The lowest BCUT2D eigenvalue weighted by Gasteiger charge is -2.07. The van der Waals surface area contributed by atoms with Gasteiger partial charge in [-0.3, -0.25) is 0 Å². The number of aryl methyl sites for hydroxylation is 1. The minimum absolute atomic E-state index is 0.203. The summed E-state index contributed by atoms with van der Waals surface area (Å²) < 4.78 is 13.1. The molecule has 1 aliphatic heterocycles. The molecule has 2 aromatic rings. The zero-order valence-electron chi connectivity index (χ0n) is 10.6. The molecule has 1 aliphatic carbocycles. The number of fused-ring (bicyclic) bond motifs is 2. The molecule has 5 heteroatoms. The molecule has 5 nitrogen and oxygen atoms in total. The van der Waals surface area contributed by atoms with Crippen LogP contribution in [0.2, 0.25) is 0 Å². The van der Waals surface area contributed by atoms with Crippen molar-refractivity contribution in [2.24, 2.45) is 0 Å². The fraction of sp³-hybridized carbons (Fsp3) is 0.500. The molecule has 0 radical (unpaired) electrons. The first-order valence-corrected chi connectivity index (χ1v) is 6.77. The molecule has 4 rings (SSSR count). The van der Waals surface area contributed by atoms with Gasteiger partial charge >= 0.3 is 0 Å². The van der Waals surface area contributed by atoms with Crippen LogP contribution in [0.25, 0.3) is 11.0 Å². The molecular formula is C14H16N2O3. The molecule has 1 aromatic heterocycles. The van der Waals surface area contributed by atoms with E-state index >= 15 is 0 Å². The van der Waals surface area contributed by atoms with E-state index in [1.54, 1.807) is 0 Å². The molecule has 0 amide bonds. The van der Waals surface area contributed by atoms with Crippen LogP contribution in [0.5, 0.6) is 11.5 Å². The fourth-order valence-corrected chi connectivity index (χ4v) is 2.65. The normalized spacial score (nSPS) is 17.3. The second-order valence-electron chi connectivity index (χ2n) is 5.17. The van der Waals surface area contributed by atoms with Crippen LogP contribution in [0.15, 0.2) is 12.1 Å². The van der Waals surface area contributed by atoms with Crippen molar-refractivity contribution in [3.63, 3.8) is 0 Å². The smallest absolute Gasteiger partial charge is 0.231 e. The number of nitrogens with zero attached hydrogens (tertiary/aromatic N) is 2. The first kappa shape index (κ1) is 11.1. The summed E-state index contributed by atoms with van der Waals surface area (Å²) in [4.78, 5) is 4.75. The molecule has 19 heavy (non-hydrogen) atoms. The maximum absolute atomic E-state index is 9.06. The Hall–Kier alpha value is -1.75. The minimum atomic E-state index is 0.203. The minimum Gasteiger partial charge on any atom is -0.454 e. The molecule has 1 saturated carbocycles. The summed E-state index contributed by atoms with van der Waals surface area (Å²) in [6, 6.07) is 3.97. The van der Waals surface area contributed by atoms with Crippen LogP contribution in [0.1, 0.15) is 31.0 Å². The molecule has 100 valence electrons. The van der Waals surface area contributed by atoms with E-state index in [4.69, 9.17) is 19.6 Å². The molecule has 0 spiro atoms. The van der Waals surface area contributed by atoms with Gasteiger partial charge in [-0.05, 0) is 19.3 Å². The highest BCUT2D eigenvalue weighted by Crippen LogP contribution is 2.43. The summed E-state index contributed by atoms with van der Waals surface area (Å²) in [5.41, 5.74) is 2.05. The molecular weight excluding hydrogens is 244 g/mol. The maximum Gasteiger partial charge on any atom is 0.231 e. The number of aliphatic hydroxyl groups is 1. The van der Waals surface area contributed by atoms with E-state index in [-0.39, 0.29) is 13.4 Å². The maximum atomic E-state index is 9.06. The van der Waals surface area contributed by atoms with Crippen molar-refractivity contribution in [1.82, 2.24) is 9.55 Å². The van der Waals surface area contributed by atoms with E-state index < -0.39 is 0 Å². The van der Waals surface area contributed by atoms with Crippen molar-refractivity contribution >= 4 is 11.0 Å². The van der Waals surface area contributed by atoms with Gasteiger partial charge in [0.25, 0.3) is 0 Å². The van der Waals surface area contributed by atoms with Crippen molar-refractivity contribution in [1.29, 1.82) is 0 Å². The summed E-state index contributed by atoms with van der Waals surface area (Å²) >= 11 is 0. The van der Waals surface area contributed by atoms with Gasteiger partial charge in [0, 0.05) is 31.2 Å². The third kappa shape index (κ3) is 1.76. The standard InChI is InChI=1S/C14H16N2O3/c17-5-1-4-16-11-7-13-12(18-8-19-13)6-10(11)15-14(16)9-2-3-9/h6-7,9,17H,1-5,8H2. The summed E-state index contributed by atoms with van der Waals surface area (Å²) in [6.45, 7) is 1.29. The zero-order valence-corrected chi connectivity index (χ0v) is 10.6. The fourth-order valence-electron chi connectivity index (χ4n) is 2.65. The van der Waals surface area contributed by atoms with Crippen molar-refractivity contribution < 1.29 is 14.6 Å². The van der Waals surface area contributed by atoms with Crippen LogP contribution in [-0.4, -0.2) is 28.1 Å². The van der Waals surface area contributed by atoms with Gasteiger partial charge < -0.3 is 19.1 Å². The molecule has 0 bridgehead atoms. The SMILES string of the molecule is OCCCn1c(C2CC2)nc2cc3c(cc21)OCO3. The van der Waals surface area contributed by atoms with Crippen molar-refractivity contribution in [2.45, 2.75) is 31.7 Å². The molecule has 1 N–H and O–H groups in total. The average Bonchev–Trinajstić information content (AvgIpc) is 3.06. The molecule has 2 aliphatic rings. The average molecular weight is 260 g/mol. The lowest BCUT2D eigenvalue weighted by molar-refractivity contribution is 0.174. The van der Waals surface area contributed by atoms with Gasteiger partial charge in [0.15, 0.2) is 11.5 Å². The molecule has 0 unspecified atom stereocenters. The number of aliphatic hydroxyl groups excluding tert-OH is 1. The van der Waals surface area contributed by atoms with Gasteiger partial charge in [-0.1, -0.05) is 0 Å². The Labute approximate surface area is 110 Å². The van der Waals surface area contributed by atoms with Gasteiger partial charge in [-0.25, -0.2) is 4.98 Å². The third-order valence-corrected chi connectivity index (χ3v) is 3.75. The number of hydrogen-bond donors (Lipinski definition) is 1. The van der Waals surface area contributed by atoms with Gasteiger partial charge in [0.05, 0.1) is 11.0 Å². The molecule has 0 saturated heterocycles. The predicted octanol–water partition coefficient (Wildman–Crippen LogP) is 2.02. The van der Waals surface area contributed by atoms with Crippen LogP contribution in [0.3, 0.4) is 0 Å². The highest BCUT2D eigenvalue weighted by atomic mass is 16.7. The second kappa shape index (κ2) is 4.13. The predicted molar refractivity (Wildman–Crippen MR) is 69.5 cm³/mol. The third-order valence-electron chi connectivity index (χ3n) is 3.75. The lowest BCUT2D eigenvalue weighted by Crippen LogP contribution is -2.04. The molecule has 0 atom stereocenters. The second-order valence-corrected chi connectivity index (χ2v) is 5.17. The van der Waals surface area contributed by atoms with E-state index in [1.807, 2.05) is 12.1 Å². The van der Waals surface area contributed by atoms with Crippen molar-refractivity contribution in [3.8, 4) is 11.5 Å². The number of rotatable bonds is 4. The Morgan fingerprint density at radius 1 is 1.26 bits per heavy atom. The van der Waals surface area contributed by atoms with Crippen molar-refractivity contribution in [3.05, 3.63) is 18.0 Å². The Kier molecular flexibility index (Phi) is 2.41. The Bertz CT molecular complexity index is 631. The van der Waals surface area contributed by atoms with Crippen LogP contribution in [0, 0.1) is 0 Å². The number of aromatic nitrogens is 2. The number of imidazole rings is 1. The van der Waals surface area contributed by atoms with E-state index in [2.05, 4.69) is 4.57 Å². The van der Waals surface area contributed by atoms with E-state index in [0.717, 1.165) is 41.3 Å². The van der Waals surface area contributed by atoms with E-state index in [9.17, 15) is 0 Å². The van der Waals surface area contributed by atoms with Crippen molar-refractivity contribution in [2.75, 3.05) is 13.4 Å². The topological polar surface area (TPSA) is 56.5 Å². The van der Waals surface area contributed by atoms with E-state index in [0.29, 0.717) is 5.92 Å². The van der Waals surface area contributed by atoms with Gasteiger partial charge in [-0.2, -0.15) is 0 Å². The zero-order chi connectivity index (χ0) is 12.8. The molecule has 1 fully saturated rings. The first-order chi connectivity index (χ1) is 9.36. The summed E-state index contributed by atoms with van der Waals surface area (Å²) in [7, 11) is 0. The summed E-state index contributed by atoms with van der Waals surface area (Å²) in [5, 5.41) is 9.06. The highest BCUT2D eigenvalue weighted by Gasteiger charge is 2.30. The first-order valence-electron chi connectivity index (χ1n) is 6.77. The Morgan fingerprint density at radius 3 is 2.79 bits per heavy atom. The largest absolute Gasteiger partial charge is 0.454 e. The van der Waals surface area contributed by atoms with E-state index in [1.165, 1.54) is 12.8 Å². The number of benzene rings is 1. The quantitative estimate of drug-likeness (QED) is 0.913. The Morgan fingerprint density at radius 2 is 2.05 bits per heavy atom. The summed E-state index contributed by atoms with van der Waals surface area (Å²) in [6.07, 6.45) is 3.18. The van der Waals surface area contributed by atoms with Crippen LogP contribution >= 0.6 is 0 Å². The molecule has 2 heterocycles. The van der Waals surface area contributed by atoms with Gasteiger partial charge in [0.1, 0.15) is 5.82 Å². The Balaban J connectivity index is 1.86. The van der Waals surface area contributed by atoms with Crippen LogP contribution in [0.4, 0.5) is 0 Å². The van der Waals surface area contributed by atoms with Crippen LogP contribution < -0.4 is 9.47 Å². The lowest BCUT2D eigenvalue weighted by atomic mass is 10.2. The number of ether oxygens (including phenoxy) is 2. The summed E-state index contributed by atoms with van der Waals surface area (Å²) in [5.74, 6) is 3.30. The van der Waals surface area contributed by atoms with Gasteiger partial charge in [0.2, 0.25) is 6.79 Å². The van der Waals surface area contributed by atoms with Gasteiger partial charge in [-0.15, -0.1) is 0 Å².